The Morgan fingerprint density at radius 3 is 1.00 bits per heavy atom. The van der Waals surface area contributed by atoms with Crippen molar-refractivity contribution in [3.8, 4) is 0 Å². The molecule has 0 bridgehead atoms. The minimum Gasteiger partial charge on any atom is -0.391 e. The van der Waals surface area contributed by atoms with Crippen LogP contribution in [0.4, 0.5) is 0 Å². The van der Waals surface area contributed by atoms with E-state index in [1.54, 1.807) is 20.8 Å². The Labute approximate surface area is 44.9 Å². The van der Waals surface area contributed by atoms with Crippen molar-refractivity contribution >= 4 is 0 Å². The van der Waals surface area contributed by atoms with Crippen molar-refractivity contribution in [2.75, 3.05) is 0 Å². The molecule has 0 atom stereocenters. The Balaban J connectivity index is -0.0000000800. The molecule has 0 aromatic heterocycles. The zero-order valence-electron chi connectivity index (χ0n) is 5.36. The fraction of sp³-hybridized carbons (Fsp3) is 1.00. The maximum atomic E-state index is 8.52. The molecule has 7 N–H and O–H groups in total. The summed E-state index contributed by atoms with van der Waals surface area (Å²) >= 11 is 0. The highest BCUT2D eigenvalue weighted by Gasteiger charge is 1.97. The van der Waals surface area contributed by atoms with Gasteiger partial charge in [0.05, 0.1) is 5.60 Å². The van der Waals surface area contributed by atoms with E-state index in [2.05, 4.69) is 0 Å². The van der Waals surface area contributed by atoms with Crippen molar-refractivity contribution in [1.82, 2.24) is 12.3 Å². The maximum absolute atomic E-state index is 8.52. The SMILES string of the molecule is CC(C)(C)O.N.N. The van der Waals surface area contributed by atoms with E-state index < -0.39 is 5.60 Å². The van der Waals surface area contributed by atoms with Crippen molar-refractivity contribution in [3.63, 3.8) is 0 Å². The van der Waals surface area contributed by atoms with E-state index >= 15 is 0 Å². The van der Waals surface area contributed by atoms with Crippen molar-refractivity contribution in [2.45, 2.75) is 26.4 Å². The number of hydrogen-bond acceptors (Lipinski definition) is 3. The van der Waals surface area contributed by atoms with Gasteiger partial charge in [0.1, 0.15) is 0 Å². The molecule has 48 valence electrons. The van der Waals surface area contributed by atoms with Gasteiger partial charge in [0.15, 0.2) is 0 Å². The van der Waals surface area contributed by atoms with Crippen LogP contribution in [0.15, 0.2) is 0 Å². The number of rotatable bonds is 0. The summed E-state index contributed by atoms with van der Waals surface area (Å²) < 4.78 is 0. The molecule has 0 saturated heterocycles. The van der Waals surface area contributed by atoms with E-state index in [-0.39, 0.29) is 12.3 Å². The Morgan fingerprint density at radius 1 is 1.00 bits per heavy atom. The van der Waals surface area contributed by atoms with Crippen LogP contribution in [-0.4, -0.2) is 10.7 Å². The predicted molar refractivity (Wildman–Crippen MR) is 32.0 cm³/mol. The molecule has 0 unspecified atom stereocenters. The van der Waals surface area contributed by atoms with Crippen LogP contribution in [0, 0.1) is 0 Å². The minimum atomic E-state index is -0.500. The normalized spacial score (nSPS) is 8.57. The van der Waals surface area contributed by atoms with Crippen LogP contribution in [0.5, 0.6) is 0 Å². The van der Waals surface area contributed by atoms with Gasteiger partial charge in [-0.25, -0.2) is 0 Å². The summed E-state index contributed by atoms with van der Waals surface area (Å²) in [5.74, 6) is 0. The van der Waals surface area contributed by atoms with Gasteiger partial charge >= 0.3 is 0 Å². The van der Waals surface area contributed by atoms with Gasteiger partial charge in [0.2, 0.25) is 0 Å². The number of aliphatic hydroxyl groups is 1. The molecule has 0 saturated carbocycles. The van der Waals surface area contributed by atoms with E-state index in [1.807, 2.05) is 0 Å². The van der Waals surface area contributed by atoms with E-state index in [4.69, 9.17) is 5.11 Å². The second kappa shape index (κ2) is 4.05. The first-order valence-electron chi connectivity index (χ1n) is 1.72. The first kappa shape index (κ1) is 15.8. The standard InChI is InChI=1S/C4H10O.2H3N/c1-4(2,3)5;;/h5H,1-3H3;2*1H3. The molecule has 0 aliphatic heterocycles. The quantitative estimate of drug-likeness (QED) is 0.434. The fourth-order valence-corrected chi connectivity index (χ4v) is 0. The second-order valence-electron chi connectivity index (χ2n) is 2.17. The van der Waals surface area contributed by atoms with Crippen molar-refractivity contribution < 1.29 is 5.11 Å². The third-order valence-electron chi connectivity index (χ3n) is 0. The lowest BCUT2D eigenvalue weighted by Crippen LogP contribution is -2.10. The molecular formula is C4H16N2O. The summed E-state index contributed by atoms with van der Waals surface area (Å²) in [5, 5.41) is 8.52. The molecule has 0 aromatic rings. The van der Waals surface area contributed by atoms with Crippen LogP contribution in [-0.2, 0) is 0 Å². The molecule has 7 heavy (non-hydrogen) atoms. The minimum absolute atomic E-state index is 0. The predicted octanol–water partition coefficient (Wildman–Crippen LogP) is 1.10. The lowest BCUT2D eigenvalue weighted by atomic mass is 10.2. The summed E-state index contributed by atoms with van der Waals surface area (Å²) in [6.45, 7) is 5.23. The lowest BCUT2D eigenvalue weighted by Gasteiger charge is -2.04. The summed E-state index contributed by atoms with van der Waals surface area (Å²) in [5.41, 5.74) is -0.500. The highest BCUT2D eigenvalue weighted by atomic mass is 16.3. The zero-order valence-corrected chi connectivity index (χ0v) is 5.36. The van der Waals surface area contributed by atoms with Crippen LogP contribution in [0.25, 0.3) is 0 Å². The second-order valence-corrected chi connectivity index (χ2v) is 2.17. The molecule has 0 aliphatic rings. The van der Waals surface area contributed by atoms with Gasteiger partial charge in [-0.1, -0.05) is 0 Å². The van der Waals surface area contributed by atoms with Gasteiger partial charge < -0.3 is 17.4 Å². The molecule has 0 aromatic carbocycles. The Kier molecular flexibility index (Phi) is 9.14. The molecule has 0 aliphatic carbocycles. The average Bonchev–Trinajstić information content (AvgIpc) is 0.722. The molecule has 0 radical (unpaired) electrons. The number of hydrogen-bond donors (Lipinski definition) is 3. The Morgan fingerprint density at radius 2 is 1.00 bits per heavy atom. The van der Waals surface area contributed by atoms with Crippen LogP contribution in [0.1, 0.15) is 20.8 Å². The van der Waals surface area contributed by atoms with E-state index in [1.165, 1.54) is 0 Å². The van der Waals surface area contributed by atoms with Gasteiger partial charge in [0, 0.05) is 0 Å². The smallest absolute Gasteiger partial charge is 0.0563 e. The largest absolute Gasteiger partial charge is 0.391 e. The summed E-state index contributed by atoms with van der Waals surface area (Å²) in [6, 6.07) is 0. The van der Waals surface area contributed by atoms with Crippen LogP contribution in [0.3, 0.4) is 0 Å². The van der Waals surface area contributed by atoms with Crippen molar-refractivity contribution in [1.29, 1.82) is 0 Å². The van der Waals surface area contributed by atoms with Gasteiger partial charge in [-0.3, -0.25) is 0 Å². The first-order valence-corrected chi connectivity index (χ1v) is 1.72. The summed E-state index contributed by atoms with van der Waals surface area (Å²) in [6.07, 6.45) is 0. The Hall–Kier alpha value is -0.120. The third kappa shape index (κ3) is 6150. The zero-order chi connectivity index (χ0) is 4.50. The van der Waals surface area contributed by atoms with Gasteiger partial charge in [-0.05, 0) is 20.8 Å². The van der Waals surface area contributed by atoms with Gasteiger partial charge in [0.25, 0.3) is 0 Å². The van der Waals surface area contributed by atoms with Crippen LogP contribution < -0.4 is 12.3 Å². The average molecular weight is 108 g/mol. The molecular weight excluding hydrogens is 92.1 g/mol. The summed E-state index contributed by atoms with van der Waals surface area (Å²) in [4.78, 5) is 0. The highest BCUT2D eigenvalue weighted by molar-refractivity contribution is 4.50. The third-order valence-corrected chi connectivity index (χ3v) is 0. The topological polar surface area (TPSA) is 90.2 Å². The van der Waals surface area contributed by atoms with E-state index in [9.17, 15) is 0 Å². The molecule has 0 heterocycles. The monoisotopic (exact) mass is 108 g/mol. The van der Waals surface area contributed by atoms with Crippen molar-refractivity contribution in [2.24, 2.45) is 0 Å². The molecule has 0 amide bonds. The Bertz CT molecular complexity index is 25.2. The molecule has 3 heteroatoms. The molecule has 0 fully saturated rings. The van der Waals surface area contributed by atoms with Gasteiger partial charge in [-0.15, -0.1) is 0 Å². The van der Waals surface area contributed by atoms with Crippen LogP contribution in [0.2, 0.25) is 0 Å². The fourth-order valence-electron chi connectivity index (χ4n) is 0. The van der Waals surface area contributed by atoms with Gasteiger partial charge in [-0.2, -0.15) is 0 Å². The lowest BCUT2D eigenvalue weighted by molar-refractivity contribution is 0.102. The highest BCUT2D eigenvalue weighted by Crippen LogP contribution is 1.93. The van der Waals surface area contributed by atoms with Crippen molar-refractivity contribution in [3.05, 3.63) is 0 Å². The van der Waals surface area contributed by atoms with E-state index in [0.717, 1.165) is 0 Å². The molecule has 3 nitrogen and oxygen atoms in total. The molecule has 0 rings (SSSR count). The summed E-state index contributed by atoms with van der Waals surface area (Å²) in [7, 11) is 0. The first-order chi connectivity index (χ1) is 2.00. The maximum Gasteiger partial charge on any atom is 0.0563 e. The molecule has 0 spiro atoms. The van der Waals surface area contributed by atoms with E-state index in [0.29, 0.717) is 0 Å². The van der Waals surface area contributed by atoms with Crippen LogP contribution >= 0.6 is 0 Å².